The minimum Gasteiger partial charge on any atom is -0.308 e. The molecule has 0 N–H and O–H groups in total. The fourth-order valence-electron chi connectivity index (χ4n) is 8.46. The van der Waals surface area contributed by atoms with Crippen LogP contribution >= 0.6 is 11.3 Å². The zero-order chi connectivity index (χ0) is 34.6. The van der Waals surface area contributed by atoms with Crippen molar-refractivity contribution in [3.8, 4) is 33.4 Å². The Morgan fingerprint density at radius 2 is 0.942 bits per heavy atom. The number of benzene rings is 8. The first-order chi connectivity index (χ1) is 25.7. The van der Waals surface area contributed by atoms with Crippen LogP contribution in [0.3, 0.4) is 0 Å². The Balaban J connectivity index is 1.25. The number of anilines is 3. The van der Waals surface area contributed by atoms with E-state index in [4.69, 9.17) is 0 Å². The highest BCUT2D eigenvalue weighted by Crippen LogP contribution is 2.57. The molecule has 2 heteroatoms. The third-order valence-electron chi connectivity index (χ3n) is 11.0. The second kappa shape index (κ2) is 12.2. The lowest BCUT2D eigenvalue weighted by atomic mass is 9.74. The molecule has 0 spiro atoms. The second-order valence-electron chi connectivity index (χ2n) is 13.8. The summed E-state index contributed by atoms with van der Waals surface area (Å²) in [6, 6.07) is 71.1. The lowest BCUT2D eigenvalue weighted by molar-refractivity contribution is 0.714. The number of rotatable bonds is 6. The molecular formula is C50H35NS. The monoisotopic (exact) mass is 681 g/mol. The van der Waals surface area contributed by atoms with Crippen LogP contribution in [0.15, 0.2) is 194 Å². The molecule has 9 aromatic rings. The van der Waals surface area contributed by atoms with Crippen molar-refractivity contribution in [2.75, 3.05) is 4.90 Å². The van der Waals surface area contributed by atoms with Crippen LogP contribution in [0.4, 0.5) is 17.1 Å². The molecule has 246 valence electrons. The van der Waals surface area contributed by atoms with Gasteiger partial charge in [-0.1, -0.05) is 170 Å². The molecule has 10 rings (SSSR count). The highest BCUT2D eigenvalue weighted by Gasteiger charge is 2.42. The lowest BCUT2D eigenvalue weighted by Crippen LogP contribution is -2.22. The van der Waals surface area contributed by atoms with E-state index in [1.807, 2.05) is 11.3 Å². The molecule has 1 aromatic heterocycles. The summed E-state index contributed by atoms with van der Waals surface area (Å²) in [5.74, 6) is 0. The summed E-state index contributed by atoms with van der Waals surface area (Å²) >= 11 is 1.90. The van der Waals surface area contributed by atoms with Gasteiger partial charge >= 0.3 is 0 Å². The van der Waals surface area contributed by atoms with Crippen molar-refractivity contribution in [2.45, 2.75) is 12.3 Å². The van der Waals surface area contributed by atoms with E-state index in [0.717, 1.165) is 5.69 Å². The Morgan fingerprint density at radius 3 is 1.69 bits per heavy atom. The van der Waals surface area contributed by atoms with E-state index in [-0.39, 0.29) is 5.41 Å². The lowest BCUT2D eigenvalue weighted by Gasteiger charge is -2.31. The van der Waals surface area contributed by atoms with Gasteiger partial charge in [-0.2, -0.15) is 0 Å². The minimum absolute atomic E-state index is 0.291. The van der Waals surface area contributed by atoms with Gasteiger partial charge in [0, 0.05) is 32.1 Å². The number of hydrogen-bond acceptors (Lipinski definition) is 2. The standard InChI is InChI=1S/C50H35NS/c1-50(37-20-9-4-10-21-37)43-26-12-11-22-42(43)47-44(50)27-15-28-45(47)51(38-32-30-35(31-33-38)34-16-5-2-6-17-34)46-29-14-25-41-40-24-13-23-39(48(40)52-49(41)46)36-18-7-3-8-19-36/h2-33H,1H3. The van der Waals surface area contributed by atoms with Gasteiger partial charge in [-0.15, -0.1) is 11.3 Å². The molecule has 1 nitrogen and oxygen atoms in total. The van der Waals surface area contributed by atoms with Crippen molar-refractivity contribution in [2.24, 2.45) is 0 Å². The zero-order valence-corrected chi connectivity index (χ0v) is 29.6. The summed E-state index contributed by atoms with van der Waals surface area (Å²) in [4.78, 5) is 2.51. The van der Waals surface area contributed by atoms with Gasteiger partial charge in [0.15, 0.2) is 0 Å². The van der Waals surface area contributed by atoms with Gasteiger partial charge in [0.25, 0.3) is 0 Å². The molecular weight excluding hydrogens is 647 g/mol. The maximum Gasteiger partial charge on any atom is 0.0640 e. The molecule has 1 unspecified atom stereocenters. The molecule has 1 aliphatic carbocycles. The third kappa shape index (κ3) is 4.68. The fourth-order valence-corrected chi connectivity index (χ4v) is 9.80. The second-order valence-corrected chi connectivity index (χ2v) is 14.8. The molecule has 0 bridgehead atoms. The van der Waals surface area contributed by atoms with Crippen molar-refractivity contribution in [3.63, 3.8) is 0 Å². The molecule has 0 amide bonds. The predicted octanol–water partition coefficient (Wildman–Crippen LogP) is 14.2. The van der Waals surface area contributed by atoms with Crippen LogP contribution < -0.4 is 4.90 Å². The Labute approximate surface area is 308 Å². The number of thiophene rings is 1. The van der Waals surface area contributed by atoms with Crippen LogP contribution in [0.1, 0.15) is 23.6 Å². The first-order valence-corrected chi connectivity index (χ1v) is 18.8. The van der Waals surface area contributed by atoms with E-state index in [1.165, 1.54) is 81.6 Å². The van der Waals surface area contributed by atoms with Gasteiger partial charge in [-0.25, -0.2) is 0 Å². The Bertz CT molecular complexity index is 2730. The molecule has 0 saturated carbocycles. The third-order valence-corrected chi connectivity index (χ3v) is 12.2. The first-order valence-electron chi connectivity index (χ1n) is 17.9. The van der Waals surface area contributed by atoms with E-state index in [0.29, 0.717) is 0 Å². The topological polar surface area (TPSA) is 3.24 Å². The van der Waals surface area contributed by atoms with Gasteiger partial charge in [-0.05, 0) is 75.7 Å². The maximum atomic E-state index is 2.51. The molecule has 1 atom stereocenters. The smallest absolute Gasteiger partial charge is 0.0640 e. The van der Waals surface area contributed by atoms with Gasteiger partial charge in [0.2, 0.25) is 0 Å². The summed E-state index contributed by atoms with van der Waals surface area (Å²) in [7, 11) is 0. The van der Waals surface area contributed by atoms with Gasteiger partial charge < -0.3 is 4.90 Å². The summed E-state index contributed by atoms with van der Waals surface area (Å²) in [5, 5.41) is 2.58. The largest absolute Gasteiger partial charge is 0.308 e. The molecule has 0 fully saturated rings. The Hall–Kier alpha value is -6.22. The van der Waals surface area contributed by atoms with Crippen molar-refractivity contribution < 1.29 is 0 Å². The zero-order valence-electron chi connectivity index (χ0n) is 28.8. The minimum atomic E-state index is -0.291. The number of nitrogens with zero attached hydrogens (tertiary/aromatic N) is 1. The molecule has 1 heterocycles. The van der Waals surface area contributed by atoms with Crippen LogP contribution in [-0.2, 0) is 5.41 Å². The van der Waals surface area contributed by atoms with Crippen LogP contribution in [0.2, 0.25) is 0 Å². The van der Waals surface area contributed by atoms with Gasteiger partial charge in [0.05, 0.1) is 16.1 Å². The first kappa shape index (κ1) is 30.6. The van der Waals surface area contributed by atoms with Crippen molar-refractivity contribution >= 4 is 48.6 Å². The fraction of sp³-hybridized carbons (Fsp3) is 0.0400. The van der Waals surface area contributed by atoms with E-state index < -0.39 is 0 Å². The van der Waals surface area contributed by atoms with Crippen molar-refractivity contribution in [1.82, 2.24) is 0 Å². The predicted molar refractivity (Wildman–Crippen MR) is 222 cm³/mol. The van der Waals surface area contributed by atoms with E-state index >= 15 is 0 Å². The molecule has 8 aromatic carbocycles. The molecule has 0 aliphatic heterocycles. The number of fused-ring (bicyclic) bond motifs is 6. The number of hydrogen-bond donors (Lipinski definition) is 0. The van der Waals surface area contributed by atoms with Crippen LogP contribution in [0.25, 0.3) is 53.6 Å². The normalized spacial score (nSPS) is 14.7. The van der Waals surface area contributed by atoms with Gasteiger partial charge in [0.1, 0.15) is 0 Å². The highest BCUT2D eigenvalue weighted by atomic mass is 32.1. The van der Waals surface area contributed by atoms with E-state index in [1.54, 1.807) is 0 Å². The molecule has 52 heavy (non-hydrogen) atoms. The quantitative estimate of drug-likeness (QED) is 0.169. The highest BCUT2D eigenvalue weighted by molar-refractivity contribution is 7.27. The van der Waals surface area contributed by atoms with Crippen molar-refractivity contribution in [3.05, 3.63) is 211 Å². The van der Waals surface area contributed by atoms with Crippen LogP contribution in [-0.4, -0.2) is 0 Å². The molecule has 1 aliphatic rings. The summed E-state index contributed by atoms with van der Waals surface area (Å²) in [6.45, 7) is 2.40. The average Bonchev–Trinajstić information content (AvgIpc) is 3.74. The summed E-state index contributed by atoms with van der Waals surface area (Å²) < 4.78 is 2.60. The van der Waals surface area contributed by atoms with Gasteiger partial charge in [-0.3, -0.25) is 0 Å². The molecule has 0 radical (unpaired) electrons. The van der Waals surface area contributed by atoms with Crippen molar-refractivity contribution in [1.29, 1.82) is 0 Å². The molecule has 0 saturated heterocycles. The van der Waals surface area contributed by atoms with Crippen LogP contribution in [0, 0.1) is 0 Å². The van der Waals surface area contributed by atoms with E-state index in [9.17, 15) is 0 Å². The van der Waals surface area contributed by atoms with Crippen LogP contribution in [0.5, 0.6) is 0 Å². The Kier molecular flexibility index (Phi) is 7.19. The average molecular weight is 682 g/mol. The maximum absolute atomic E-state index is 2.51. The Morgan fingerprint density at radius 1 is 0.404 bits per heavy atom. The summed E-state index contributed by atoms with van der Waals surface area (Å²) in [6.07, 6.45) is 0. The van der Waals surface area contributed by atoms with E-state index in [2.05, 4.69) is 206 Å². The SMILES string of the molecule is CC1(c2ccccc2)c2ccccc2-c2c(N(c3ccc(-c4ccccc4)cc3)c3cccc4c3sc3c(-c5ccccc5)cccc34)cccc21. The summed E-state index contributed by atoms with van der Waals surface area (Å²) in [5.41, 5.74) is 14.7.